The molecule has 0 aliphatic carbocycles. The van der Waals surface area contributed by atoms with E-state index >= 15 is 0 Å². The lowest BCUT2D eigenvalue weighted by Crippen LogP contribution is -2.47. The first-order valence-corrected chi connectivity index (χ1v) is 8.68. The molecule has 5 nitrogen and oxygen atoms in total. The predicted molar refractivity (Wildman–Crippen MR) is 89.9 cm³/mol. The first-order valence-electron chi connectivity index (χ1n) is 8.68. The van der Waals surface area contributed by atoms with Crippen molar-refractivity contribution in [2.45, 2.75) is 32.4 Å². The summed E-state index contributed by atoms with van der Waals surface area (Å²) >= 11 is 0. The van der Waals surface area contributed by atoms with E-state index in [0.717, 1.165) is 56.8 Å². The maximum Gasteiger partial charge on any atom is 0.230 e. The summed E-state index contributed by atoms with van der Waals surface area (Å²) in [5, 5.41) is 0. The van der Waals surface area contributed by atoms with Gasteiger partial charge in [-0.05, 0) is 55.6 Å². The van der Waals surface area contributed by atoms with E-state index in [-0.39, 0.29) is 5.41 Å². The molecule has 4 heterocycles. The predicted octanol–water partition coefficient (Wildman–Crippen LogP) is 2.69. The molecule has 2 aliphatic heterocycles. The molecule has 0 N–H and O–H groups in total. The van der Waals surface area contributed by atoms with Gasteiger partial charge in [0.2, 0.25) is 5.91 Å². The Labute approximate surface area is 142 Å². The van der Waals surface area contributed by atoms with Crippen molar-refractivity contribution in [3.63, 3.8) is 0 Å². The topological polar surface area (TPSA) is 49.6 Å². The van der Waals surface area contributed by atoms with Gasteiger partial charge in [-0.15, -0.1) is 0 Å². The van der Waals surface area contributed by atoms with Crippen LogP contribution in [0.2, 0.25) is 0 Å². The van der Waals surface area contributed by atoms with Gasteiger partial charge in [0, 0.05) is 32.0 Å². The van der Waals surface area contributed by atoms with E-state index in [2.05, 4.69) is 9.88 Å². The maximum absolute atomic E-state index is 13.1. The third kappa shape index (κ3) is 2.96. The van der Waals surface area contributed by atoms with Gasteiger partial charge >= 0.3 is 0 Å². The van der Waals surface area contributed by atoms with E-state index in [1.165, 1.54) is 0 Å². The third-order valence-corrected chi connectivity index (χ3v) is 5.34. The summed E-state index contributed by atoms with van der Waals surface area (Å²) in [5.41, 5.74) is 0.955. The minimum Gasteiger partial charge on any atom is -0.468 e. The molecule has 1 unspecified atom stereocenters. The van der Waals surface area contributed by atoms with Gasteiger partial charge in [-0.1, -0.05) is 0 Å². The van der Waals surface area contributed by atoms with E-state index in [4.69, 9.17) is 4.42 Å². The smallest absolute Gasteiger partial charge is 0.230 e. The molecule has 126 valence electrons. The summed E-state index contributed by atoms with van der Waals surface area (Å²) < 4.78 is 5.47. The number of nitrogens with zero attached hydrogens (tertiary/aromatic N) is 3. The molecular weight excluding hydrogens is 302 g/mol. The Kier molecular flexibility index (Phi) is 4.10. The highest BCUT2D eigenvalue weighted by Gasteiger charge is 2.48. The molecule has 4 rings (SSSR count). The second-order valence-corrected chi connectivity index (χ2v) is 7.01. The van der Waals surface area contributed by atoms with E-state index in [1.807, 2.05) is 29.2 Å². The van der Waals surface area contributed by atoms with Gasteiger partial charge in [0.05, 0.1) is 18.2 Å². The van der Waals surface area contributed by atoms with Gasteiger partial charge in [-0.2, -0.15) is 0 Å². The molecule has 24 heavy (non-hydrogen) atoms. The first kappa shape index (κ1) is 15.4. The van der Waals surface area contributed by atoms with Gasteiger partial charge < -0.3 is 9.32 Å². The summed E-state index contributed by atoms with van der Waals surface area (Å²) in [4.78, 5) is 21.5. The number of hydrogen-bond acceptors (Lipinski definition) is 4. The number of rotatable bonds is 4. The Morgan fingerprint density at radius 3 is 2.79 bits per heavy atom. The summed E-state index contributed by atoms with van der Waals surface area (Å²) in [5.74, 6) is 1.30. The van der Waals surface area contributed by atoms with E-state index < -0.39 is 0 Å². The number of likely N-dealkylation sites (tertiary alicyclic amines) is 2. The van der Waals surface area contributed by atoms with Crippen LogP contribution >= 0.6 is 0 Å². The third-order valence-electron chi connectivity index (χ3n) is 5.34. The summed E-state index contributed by atoms with van der Waals surface area (Å²) in [6.07, 6.45) is 8.34. The van der Waals surface area contributed by atoms with Gasteiger partial charge in [0.25, 0.3) is 0 Å². The Morgan fingerprint density at radius 2 is 2.00 bits per heavy atom. The summed E-state index contributed by atoms with van der Waals surface area (Å²) in [6.45, 7) is 4.24. The Morgan fingerprint density at radius 1 is 1.12 bits per heavy atom. The highest BCUT2D eigenvalue weighted by Crippen LogP contribution is 2.41. The molecule has 2 saturated heterocycles. The summed E-state index contributed by atoms with van der Waals surface area (Å²) in [6, 6.07) is 7.91. The molecule has 5 heteroatoms. The van der Waals surface area contributed by atoms with E-state index in [1.54, 1.807) is 18.7 Å². The zero-order valence-corrected chi connectivity index (χ0v) is 13.9. The van der Waals surface area contributed by atoms with Gasteiger partial charge in [0.1, 0.15) is 5.76 Å². The first-order chi connectivity index (χ1) is 11.8. The van der Waals surface area contributed by atoms with Crippen molar-refractivity contribution < 1.29 is 9.21 Å². The van der Waals surface area contributed by atoms with Crippen LogP contribution in [0.25, 0.3) is 0 Å². The number of amides is 1. The SMILES string of the molecule is O=C1N(Cc2ccncc2)CCC12CCCN(Cc1ccco1)C2. The average molecular weight is 325 g/mol. The fraction of sp³-hybridized carbons (Fsp3) is 0.474. The molecule has 2 aromatic rings. The fourth-order valence-corrected chi connectivity index (χ4v) is 4.12. The molecule has 0 aromatic carbocycles. The Hall–Kier alpha value is -2.14. The number of carbonyl (C=O) groups excluding carboxylic acids is 1. The van der Waals surface area contributed by atoms with Crippen molar-refractivity contribution >= 4 is 5.91 Å². The van der Waals surface area contributed by atoms with Crippen molar-refractivity contribution in [2.75, 3.05) is 19.6 Å². The van der Waals surface area contributed by atoms with Crippen molar-refractivity contribution in [3.8, 4) is 0 Å². The number of aromatic nitrogens is 1. The van der Waals surface area contributed by atoms with Crippen LogP contribution in [0.5, 0.6) is 0 Å². The van der Waals surface area contributed by atoms with Crippen LogP contribution < -0.4 is 0 Å². The van der Waals surface area contributed by atoms with Crippen LogP contribution in [-0.4, -0.2) is 40.3 Å². The second-order valence-electron chi connectivity index (χ2n) is 7.01. The zero-order chi connectivity index (χ0) is 16.4. The standard InChI is InChI=1S/C19H23N3O2/c23-18-19(7-11-22(18)13-16-4-8-20-9-5-16)6-2-10-21(15-19)14-17-3-1-12-24-17/h1,3-5,8-9,12H,2,6-7,10-11,13-15H2. The normalized spacial score (nSPS) is 24.8. The van der Waals surface area contributed by atoms with Crippen LogP contribution in [0.4, 0.5) is 0 Å². The van der Waals surface area contributed by atoms with Crippen molar-refractivity contribution in [3.05, 3.63) is 54.2 Å². The number of pyridine rings is 1. The minimum absolute atomic E-state index is 0.197. The Bertz CT molecular complexity index is 686. The van der Waals surface area contributed by atoms with Gasteiger partial charge in [0.15, 0.2) is 0 Å². The van der Waals surface area contributed by atoms with Gasteiger partial charge in [-0.25, -0.2) is 0 Å². The molecule has 1 spiro atoms. The molecular formula is C19H23N3O2. The monoisotopic (exact) mass is 325 g/mol. The molecule has 2 fully saturated rings. The second kappa shape index (κ2) is 6.40. The minimum atomic E-state index is -0.197. The quantitative estimate of drug-likeness (QED) is 0.867. The van der Waals surface area contributed by atoms with E-state index in [9.17, 15) is 4.79 Å². The van der Waals surface area contributed by atoms with Gasteiger partial charge in [-0.3, -0.25) is 14.7 Å². The molecule has 1 amide bonds. The van der Waals surface area contributed by atoms with Crippen molar-refractivity contribution in [1.29, 1.82) is 0 Å². The van der Waals surface area contributed by atoms with Crippen LogP contribution in [0.15, 0.2) is 47.3 Å². The highest BCUT2D eigenvalue weighted by atomic mass is 16.3. The largest absolute Gasteiger partial charge is 0.468 e. The highest BCUT2D eigenvalue weighted by molar-refractivity contribution is 5.85. The van der Waals surface area contributed by atoms with Crippen LogP contribution in [0.3, 0.4) is 0 Å². The van der Waals surface area contributed by atoms with Crippen LogP contribution in [-0.2, 0) is 17.9 Å². The lowest BCUT2D eigenvalue weighted by atomic mass is 9.78. The lowest BCUT2D eigenvalue weighted by Gasteiger charge is -2.38. The van der Waals surface area contributed by atoms with E-state index in [0.29, 0.717) is 12.5 Å². The van der Waals surface area contributed by atoms with Crippen LogP contribution in [0.1, 0.15) is 30.6 Å². The van der Waals surface area contributed by atoms with Crippen LogP contribution in [0, 0.1) is 5.41 Å². The molecule has 2 aromatic heterocycles. The molecule has 0 radical (unpaired) electrons. The number of hydrogen-bond donors (Lipinski definition) is 0. The summed E-state index contributed by atoms with van der Waals surface area (Å²) in [7, 11) is 0. The fourth-order valence-electron chi connectivity index (χ4n) is 4.12. The molecule has 0 bridgehead atoms. The number of carbonyl (C=O) groups is 1. The number of furan rings is 1. The molecule has 1 atom stereocenters. The Balaban J connectivity index is 1.44. The van der Waals surface area contributed by atoms with Crippen molar-refractivity contribution in [1.82, 2.24) is 14.8 Å². The average Bonchev–Trinajstić information content (AvgIpc) is 3.21. The lowest BCUT2D eigenvalue weighted by molar-refractivity contribution is -0.139. The molecule has 2 aliphatic rings. The number of piperidine rings is 1. The maximum atomic E-state index is 13.1. The molecule has 0 saturated carbocycles. The van der Waals surface area contributed by atoms with Crippen molar-refractivity contribution in [2.24, 2.45) is 5.41 Å². The zero-order valence-electron chi connectivity index (χ0n) is 13.9.